The van der Waals surface area contributed by atoms with Crippen LogP contribution in [-0.2, 0) is 0 Å². The molecule has 0 spiro atoms. The van der Waals surface area contributed by atoms with E-state index in [9.17, 15) is 0 Å². The van der Waals surface area contributed by atoms with Crippen molar-refractivity contribution in [1.29, 1.82) is 0 Å². The number of nitrogens with zero attached hydrogens (tertiary/aromatic N) is 2. The maximum atomic E-state index is 2.45. The van der Waals surface area contributed by atoms with E-state index in [2.05, 4.69) is 167 Å². The first-order chi connectivity index (χ1) is 23.8. The molecule has 0 bridgehead atoms. The highest BCUT2D eigenvalue weighted by Gasteiger charge is 2.26. The topological polar surface area (TPSA) is 8.17 Å². The minimum Gasteiger partial charge on any atom is -0.309 e. The van der Waals surface area contributed by atoms with Crippen LogP contribution >= 0.6 is 23.1 Å². The molecule has 2 nitrogen and oxygen atoms in total. The second-order valence-corrected chi connectivity index (χ2v) is 14.7. The summed E-state index contributed by atoms with van der Waals surface area (Å²) in [5, 5.41) is 10.5. The second-order valence-electron chi connectivity index (χ2n) is 12.5. The molecule has 0 saturated heterocycles. The van der Waals surface area contributed by atoms with Crippen LogP contribution in [0.4, 0.5) is 17.1 Å². The Morgan fingerprint density at radius 1 is 0.396 bits per heavy atom. The lowest BCUT2D eigenvalue weighted by Crippen LogP contribution is -2.15. The number of anilines is 3. The third-order valence-electron chi connectivity index (χ3n) is 9.93. The lowest BCUT2D eigenvalue weighted by molar-refractivity contribution is 1.12. The summed E-state index contributed by atoms with van der Waals surface area (Å²) in [5.74, 6) is 0. The van der Waals surface area contributed by atoms with Crippen LogP contribution < -0.4 is 4.90 Å². The second kappa shape index (κ2) is 9.98. The first-order valence-corrected chi connectivity index (χ1v) is 17.9. The lowest BCUT2D eigenvalue weighted by Gasteiger charge is -2.33. The van der Waals surface area contributed by atoms with Crippen molar-refractivity contribution in [1.82, 2.24) is 4.57 Å². The summed E-state index contributed by atoms with van der Waals surface area (Å²) in [6.45, 7) is 0. The van der Waals surface area contributed by atoms with E-state index < -0.39 is 0 Å². The van der Waals surface area contributed by atoms with Crippen molar-refractivity contribution in [2.24, 2.45) is 0 Å². The summed E-state index contributed by atoms with van der Waals surface area (Å²) in [7, 11) is 0. The number of rotatable bonds is 2. The highest BCUT2D eigenvalue weighted by molar-refractivity contribution is 7.99. The molecule has 10 aromatic rings. The molecule has 1 aliphatic heterocycles. The van der Waals surface area contributed by atoms with E-state index in [1.54, 1.807) is 0 Å². The molecule has 11 rings (SSSR count). The molecule has 48 heavy (non-hydrogen) atoms. The summed E-state index contributed by atoms with van der Waals surface area (Å²) in [4.78, 5) is 4.95. The minimum absolute atomic E-state index is 1.17. The van der Waals surface area contributed by atoms with Crippen LogP contribution in [0.3, 0.4) is 0 Å². The number of fused-ring (bicyclic) bond motifs is 12. The summed E-state index contributed by atoms with van der Waals surface area (Å²) in [6, 6.07) is 58.2. The zero-order valence-electron chi connectivity index (χ0n) is 25.7. The molecular formula is C44H26N2S2. The summed E-state index contributed by atoms with van der Waals surface area (Å²) in [5.41, 5.74) is 7.22. The van der Waals surface area contributed by atoms with E-state index in [1.165, 1.54) is 96.1 Å². The molecule has 0 fully saturated rings. The summed E-state index contributed by atoms with van der Waals surface area (Å²) < 4.78 is 5.09. The highest BCUT2D eigenvalue weighted by Crippen LogP contribution is 2.53. The van der Waals surface area contributed by atoms with Crippen molar-refractivity contribution in [3.63, 3.8) is 0 Å². The molecule has 0 atom stereocenters. The predicted molar refractivity (Wildman–Crippen MR) is 207 cm³/mol. The molecule has 0 aliphatic carbocycles. The van der Waals surface area contributed by atoms with Gasteiger partial charge in [0.2, 0.25) is 0 Å². The van der Waals surface area contributed by atoms with E-state index >= 15 is 0 Å². The van der Waals surface area contributed by atoms with Crippen LogP contribution in [0.15, 0.2) is 168 Å². The van der Waals surface area contributed by atoms with Gasteiger partial charge in [0.1, 0.15) is 0 Å². The number of benzene rings is 8. The Morgan fingerprint density at radius 3 is 1.92 bits per heavy atom. The largest absolute Gasteiger partial charge is 0.309 e. The number of thiophene rings is 1. The van der Waals surface area contributed by atoms with Crippen LogP contribution in [0.25, 0.3) is 69.2 Å². The van der Waals surface area contributed by atoms with E-state index in [-0.39, 0.29) is 0 Å². The third-order valence-corrected chi connectivity index (χ3v) is 12.2. The quantitative estimate of drug-likeness (QED) is 0.173. The Morgan fingerprint density at radius 2 is 1.06 bits per heavy atom. The molecule has 0 N–H and O–H groups in total. The van der Waals surface area contributed by atoms with Gasteiger partial charge >= 0.3 is 0 Å². The number of para-hydroxylation sites is 3. The van der Waals surface area contributed by atoms with Crippen molar-refractivity contribution in [2.75, 3.05) is 4.90 Å². The maximum absolute atomic E-state index is 2.45. The predicted octanol–water partition coefficient (Wildman–Crippen LogP) is 13.4. The van der Waals surface area contributed by atoms with E-state index in [4.69, 9.17) is 0 Å². The standard InChI is InChI=1S/C44H26N2S2/c1-4-12-35-32(9-1)33-10-2-5-13-36(33)45(35)30-21-23-38-42(26-30)48-40-16-8-6-14-37(40)46(38)29-20-22-31-28(25-29)18-17-27-19-24-41-44(43(27)31)34-11-3-7-15-39(34)47-41/h1-26H. The zero-order chi connectivity index (χ0) is 31.3. The molecule has 3 heterocycles. The zero-order valence-corrected chi connectivity index (χ0v) is 27.4. The fourth-order valence-electron chi connectivity index (χ4n) is 7.86. The average molecular weight is 647 g/mol. The van der Waals surface area contributed by atoms with Gasteiger partial charge in [-0.25, -0.2) is 0 Å². The molecule has 8 aromatic carbocycles. The molecule has 4 heteroatoms. The Labute approximate surface area is 285 Å². The van der Waals surface area contributed by atoms with E-state index in [0.29, 0.717) is 0 Å². The summed E-state index contributed by atoms with van der Waals surface area (Å²) in [6.07, 6.45) is 0. The van der Waals surface area contributed by atoms with Gasteiger partial charge in [0.05, 0.1) is 22.4 Å². The van der Waals surface area contributed by atoms with Gasteiger partial charge in [-0.1, -0.05) is 103 Å². The summed E-state index contributed by atoms with van der Waals surface area (Å²) >= 11 is 3.74. The molecule has 1 aliphatic rings. The molecule has 0 saturated carbocycles. The SMILES string of the molecule is c1ccc2c(c1)Sc1cc(-n3c4ccccc4c4ccccc43)ccc1N2c1ccc2c(ccc3ccc4sc5ccccc5c4c32)c1. The molecular weight excluding hydrogens is 621 g/mol. The van der Waals surface area contributed by atoms with Gasteiger partial charge < -0.3 is 9.47 Å². The number of hydrogen-bond donors (Lipinski definition) is 0. The van der Waals surface area contributed by atoms with Crippen LogP contribution in [-0.4, -0.2) is 4.57 Å². The van der Waals surface area contributed by atoms with Gasteiger partial charge in [-0.05, 0) is 88.3 Å². The Kier molecular flexibility index (Phi) is 5.51. The van der Waals surface area contributed by atoms with Crippen molar-refractivity contribution in [3.8, 4) is 5.69 Å². The molecule has 0 unspecified atom stereocenters. The highest BCUT2D eigenvalue weighted by atomic mass is 32.2. The van der Waals surface area contributed by atoms with Crippen LogP contribution in [0.5, 0.6) is 0 Å². The number of hydrogen-bond acceptors (Lipinski definition) is 3. The first-order valence-electron chi connectivity index (χ1n) is 16.3. The number of aromatic nitrogens is 1. The average Bonchev–Trinajstić information content (AvgIpc) is 3.69. The molecule has 0 amide bonds. The molecule has 0 radical (unpaired) electrons. The third kappa shape index (κ3) is 3.70. The van der Waals surface area contributed by atoms with Gasteiger partial charge in [0, 0.05) is 52.1 Å². The van der Waals surface area contributed by atoms with Crippen molar-refractivity contribution in [2.45, 2.75) is 9.79 Å². The monoisotopic (exact) mass is 646 g/mol. The van der Waals surface area contributed by atoms with Crippen LogP contribution in [0, 0.1) is 0 Å². The Bertz CT molecular complexity index is 2900. The minimum atomic E-state index is 1.17. The van der Waals surface area contributed by atoms with Gasteiger partial charge in [-0.15, -0.1) is 11.3 Å². The Balaban J connectivity index is 1.12. The first kappa shape index (κ1) is 26.5. The van der Waals surface area contributed by atoms with Crippen LogP contribution in [0.1, 0.15) is 0 Å². The van der Waals surface area contributed by atoms with Gasteiger partial charge in [-0.3, -0.25) is 0 Å². The fourth-order valence-corrected chi connectivity index (χ4v) is 10.1. The smallest absolute Gasteiger partial charge is 0.0603 e. The van der Waals surface area contributed by atoms with E-state index in [0.717, 1.165) is 0 Å². The van der Waals surface area contributed by atoms with E-state index in [1.807, 2.05) is 23.1 Å². The van der Waals surface area contributed by atoms with Gasteiger partial charge in [-0.2, -0.15) is 0 Å². The lowest BCUT2D eigenvalue weighted by atomic mass is 9.97. The maximum Gasteiger partial charge on any atom is 0.0603 e. The van der Waals surface area contributed by atoms with Crippen LogP contribution in [0.2, 0.25) is 0 Å². The van der Waals surface area contributed by atoms with Gasteiger partial charge in [0.25, 0.3) is 0 Å². The fraction of sp³-hybridized carbons (Fsp3) is 0. The van der Waals surface area contributed by atoms with Crippen molar-refractivity contribution >= 4 is 104 Å². The van der Waals surface area contributed by atoms with Gasteiger partial charge in [0.15, 0.2) is 0 Å². The Hall–Kier alpha value is -5.55. The van der Waals surface area contributed by atoms with Crippen molar-refractivity contribution < 1.29 is 0 Å². The molecule has 2 aromatic heterocycles. The van der Waals surface area contributed by atoms with Crippen molar-refractivity contribution in [3.05, 3.63) is 158 Å². The molecule has 224 valence electrons. The normalized spacial score (nSPS) is 12.9.